The SMILES string of the molecule is Cc1c(CN(CCc2ccccn2)CCc2ccccn2)cccc1CN(CCc1ccccn1)CCc1ccccn1. The monoisotopic (exact) mass is 570 g/mol. The molecule has 0 unspecified atom stereocenters. The second-order valence-corrected chi connectivity index (χ2v) is 11.0. The van der Waals surface area contributed by atoms with Gasteiger partial charge in [-0.2, -0.15) is 0 Å². The highest BCUT2D eigenvalue weighted by molar-refractivity contribution is 5.34. The van der Waals surface area contributed by atoms with E-state index >= 15 is 0 Å². The molecule has 6 nitrogen and oxygen atoms in total. The number of aromatic nitrogens is 4. The van der Waals surface area contributed by atoms with Crippen LogP contribution in [0.2, 0.25) is 0 Å². The molecule has 0 aliphatic heterocycles. The third-order valence-corrected chi connectivity index (χ3v) is 7.99. The first-order valence-electron chi connectivity index (χ1n) is 15.3. The van der Waals surface area contributed by atoms with E-state index in [4.69, 9.17) is 0 Å². The van der Waals surface area contributed by atoms with Crippen LogP contribution in [0.3, 0.4) is 0 Å². The number of pyridine rings is 4. The maximum atomic E-state index is 4.57. The van der Waals surface area contributed by atoms with E-state index in [-0.39, 0.29) is 0 Å². The van der Waals surface area contributed by atoms with Crippen molar-refractivity contribution in [3.8, 4) is 0 Å². The van der Waals surface area contributed by atoms with Gasteiger partial charge >= 0.3 is 0 Å². The minimum Gasteiger partial charge on any atom is -0.298 e. The zero-order chi connectivity index (χ0) is 29.5. The molecule has 5 rings (SSSR count). The van der Waals surface area contributed by atoms with Crippen molar-refractivity contribution in [3.63, 3.8) is 0 Å². The standard InChI is InChI=1S/C37H42N6/c1-31-32(29-42(25-17-34-13-2-6-21-38-34)26-18-35-14-3-7-22-39-35)11-10-12-33(31)30-43(27-19-36-15-4-8-23-40-36)28-20-37-16-5-9-24-41-37/h2-16,21-24H,17-20,25-30H2,1H3. The number of rotatable bonds is 16. The molecule has 0 saturated heterocycles. The molecular weight excluding hydrogens is 528 g/mol. The summed E-state index contributed by atoms with van der Waals surface area (Å²) in [6, 6.07) is 31.5. The molecule has 6 heteroatoms. The lowest BCUT2D eigenvalue weighted by molar-refractivity contribution is 0.265. The summed E-state index contributed by atoms with van der Waals surface area (Å²) in [6.45, 7) is 7.90. The van der Waals surface area contributed by atoms with Crippen molar-refractivity contribution >= 4 is 0 Å². The molecule has 0 bridgehead atoms. The van der Waals surface area contributed by atoms with Gasteiger partial charge in [-0.15, -0.1) is 0 Å². The number of nitrogens with zero attached hydrogens (tertiary/aromatic N) is 6. The summed E-state index contributed by atoms with van der Waals surface area (Å²) in [7, 11) is 0. The Balaban J connectivity index is 1.28. The van der Waals surface area contributed by atoms with E-state index < -0.39 is 0 Å². The Morgan fingerprint density at radius 1 is 0.419 bits per heavy atom. The molecule has 0 saturated carbocycles. The number of hydrogen-bond acceptors (Lipinski definition) is 6. The van der Waals surface area contributed by atoms with Crippen LogP contribution in [0.5, 0.6) is 0 Å². The summed E-state index contributed by atoms with van der Waals surface area (Å²) in [4.78, 5) is 23.4. The van der Waals surface area contributed by atoms with Crippen LogP contribution in [0, 0.1) is 6.92 Å². The van der Waals surface area contributed by atoms with Crippen LogP contribution >= 0.6 is 0 Å². The maximum Gasteiger partial charge on any atom is 0.0416 e. The zero-order valence-corrected chi connectivity index (χ0v) is 25.2. The van der Waals surface area contributed by atoms with Crippen molar-refractivity contribution in [2.24, 2.45) is 0 Å². The molecule has 0 atom stereocenters. The fraction of sp³-hybridized carbons (Fsp3) is 0.297. The van der Waals surface area contributed by atoms with Gasteiger partial charge in [-0.25, -0.2) is 0 Å². The molecule has 0 aliphatic rings. The van der Waals surface area contributed by atoms with Gasteiger partial charge in [0.1, 0.15) is 0 Å². The molecule has 4 heterocycles. The Bertz CT molecular complexity index is 1280. The van der Waals surface area contributed by atoms with E-state index in [1.54, 1.807) is 0 Å². The van der Waals surface area contributed by atoms with Gasteiger partial charge in [-0.1, -0.05) is 42.5 Å². The largest absolute Gasteiger partial charge is 0.298 e. The van der Waals surface area contributed by atoms with Crippen molar-refractivity contribution < 1.29 is 0 Å². The van der Waals surface area contributed by atoms with Crippen LogP contribution in [0.25, 0.3) is 0 Å². The summed E-state index contributed by atoms with van der Waals surface area (Å²) in [5.41, 5.74) is 8.67. The minimum absolute atomic E-state index is 0.904. The second kappa shape index (κ2) is 16.4. The van der Waals surface area contributed by atoms with Crippen LogP contribution in [0.1, 0.15) is 39.5 Å². The average Bonchev–Trinajstić information content (AvgIpc) is 3.07. The summed E-state index contributed by atoms with van der Waals surface area (Å²) < 4.78 is 0. The molecule has 0 N–H and O–H groups in total. The van der Waals surface area contributed by atoms with Crippen LogP contribution in [0.4, 0.5) is 0 Å². The van der Waals surface area contributed by atoms with Gasteiger partial charge in [-0.05, 0) is 72.1 Å². The Morgan fingerprint density at radius 3 is 1.02 bits per heavy atom. The normalized spacial score (nSPS) is 11.3. The van der Waals surface area contributed by atoms with Gasteiger partial charge in [0.15, 0.2) is 0 Å². The maximum absolute atomic E-state index is 4.57. The van der Waals surface area contributed by atoms with Crippen LogP contribution < -0.4 is 0 Å². The first-order chi connectivity index (χ1) is 21.2. The topological polar surface area (TPSA) is 58.0 Å². The van der Waals surface area contributed by atoms with Crippen molar-refractivity contribution in [2.75, 3.05) is 26.2 Å². The van der Waals surface area contributed by atoms with Crippen LogP contribution in [0.15, 0.2) is 116 Å². The van der Waals surface area contributed by atoms with E-state index in [0.29, 0.717) is 0 Å². The van der Waals surface area contributed by atoms with Gasteiger partial charge in [0, 0.05) is 113 Å². The molecule has 0 amide bonds. The first-order valence-corrected chi connectivity index (χ1v) is 15.3. The van der Waals surface area contributed by atoms with Crippen molar-refractivity contribution in [2.45, 2.75) is 45.7 Å². The minimum atomic E-state index is 0.904. The summed E-state index contributed by atoms with van der Waals surface area (Å²) in [5.74, 6) is 0. The third-order valence-electron chi connectivity index (χ3n) is 7.99. The summed E-state index contributed by atoms with van der Waals surface area (Å²) in [5, 5.41) is 0. The van der Waals surface area contributed by atoms with Gasteiger partial charge in [0.05, 0.1) is 0 Å². The lowest BCUT2D eigenvalue weighted by Gasteiger charge is -2.26. The van der Waals surface area contributed by atoms with Crippen molar-refractivity contribution in [3.05, 3.63) is 155 Å². The lowest BCUT2D eigenvalue weighted by atomic mass is 10.0. The Labute approximate surface area is 256 Å². The van der Waals surface area contributed by atoms with Gasteiger partial charge in [-0.3, -0.25) is 29.7 Å². The van der Waals surface area contributed by atoms with E-state index in [2.05, 4.69) is 103 Å². The molecule has 220 valence electrons. The fourth-order valence-corrected chi connectivity index (χ4v) is 5.38. The first kappa shape index (κ1) is 30.2. The molecule has 0 fully saturated rings. The quantitative estimate of drug-likeness (QED) is 0.142. The predicted octanol–water partition coefficient (Wildman–Crippen LogP) is 6.15. The molecule has 43 heavy (non-hydrogen) atoms. The molecule has 1 aromatic carbocycles. The van der Waals surface area contributed by atoms with Crippen LogP contribution in [-0.4, -0.2) is 55.9 Å². The smallest absolute Gasteiger partial charge is 0.0416 e. The molecular formula is C37H42N6. The summed E-state index contributed by atoms with van der Waals surface area (Å²) >= 11 is 0. The molecule has 0 aliphatic carbocycles. The Morgan fingerprint density at radius 2 is 0.744 bits per heavy atom. The zero-order valence-electron chi connectivity index (χ0n) is 25.2. The Kier molecular flexibility index (Phi) is 11.5. The number of hydrogen-bond donors (Lipinski definition) is 0. The van der Waals surface area contributed by atoms with E-state index in [1.807, 2.05) is 49.1 Å². The van der Waals surface area contributed by atoms with Gasteiger partial charge < -0.3 is 0 Å². The predicted molar refractivity (Wildman–Crippen MR) is 173 cm³/mol. The van der Waals surface area contributed by atoms with Gasteiger partial charge in [0.25, 0.3) is 0 Å². The van der Waals surface area contributed by atoms with E-state index in [9.17, 15) is 0 Å². The lowest BCUT2D eigenvalue weighted by Crippen LogP contribution is -2.30. The fourth-order valence-electron chi connectivity index (χ4n) is 5.38. The third kappa shape index (κ3) is 9.91. The van der Waals surface area contributed by atoms with Crippen molar-refractivity contribution in [1.29, 1.82) is 0 Å². The Hall–Kier alpha value is -4.26. The highest BCUT2D eigenvalue weighted by Gasteiger charge is 2.14. The molecule has 0 spiro atoms. The molecule has 0 radical (unpaired) electrons. The number of benzene rings is 1. The van der Waals surface area contributed by atoms with E-state index in [0.717, 1.165) is 87.7 Å². The van der Waals surface area contributed by atoms with E-state index in [1.165, 1.54) is 16.7 Å². The van der Waals surface area contributed by atoms with Crippen molar-refractivity contribution in [1.82, 2.24) is 29.7 Å². The van der Waals surface area contributed by atoms with Crippen LogP contribution in [-0.2, 0) is 38.8 Å². The summed E-state index contributed by atoms with van der Waals surface area (Å²) in [6.07, 6.45) is 11.2. The average molecular weight is 571 g/mol. The molecule has 4 aromatic heterocycles. The highest BCUT2D eigenvalue weighted by atomic mass is 15.1. The molecule has 5 aromatic rings. The highest BCUT2D eigenvalue weighted by Crippen LogP contribution is 2.19. The van der Waals surface area contributed by atoms with Gasteiger partial charge in [0.2, 0.25) is 0 Å². The second-order valence-electron chi connectivity index (χ2n) is 11.0.